The molecule has 1 atom stereocenters. The number of anilines is 1. The Morgan fingerprint density at radius 3 is 2.09 bits per heavy atom. The molecule has 2 aromatic rings. The van der Waals surface area contributed by atoms with Gasteiger partial charge in [0.15, 0.2) is 21.5 Å². The third-order valence-corrected chi connectivity index (χ3v) is 4.47. The van der Waals surface area contributed by atoms with Crippen LogP contribution in [0.1, 0.15) is 24.1 Å². The van der Waals surface area contributed by atoms with Crippen LogP contribution in [-0.4, -0.2) is 14.7 Å². The molecule has 0 saturated carbocycles. The van der Waals surface area contributed by atoms with Gasteiger partial charge in [0.2, 0.25) is 0 Å². The zero-order valence-electron chi connectivity index (χ0n) is 12.5. The number of halogens is 2. The van der Waals surface area contributed by atoms with Gasteiger partial charge in [-0.1, -0.05) is 12.1 Å². The Hall–Kier alpha value is -2.46. The van der Waals surface area contributed by atoms with E-state index in [1.165, 1.54) is 12.1 Å². The normalized spacial score (nSPS) is 12.5. The van der Waals surface area contributed by atoms with E-state index in [1.807, 2.05) is 0 Å². The predicted octanol–water partition coefficient (Wildman–Crippen LogP) is 3.41. The molecule has 0 amide bonds. The summed E-state index contributed by atoms with van der Waals surface area (Å²) in [5.74, 6) is -1.72. The van der Waals surface area contributed by atoms with Crippen LogP contribution in [0, 0.1) is 23.0 Å². The predicted molar refractivity (Wildman–Crippen MR) is 82.7 cm³/mol. The number of sulfone groups is 1. The van der Waals surface area contributed by atoms with E-state index in [2.05, 4.69) is 5.32 Å². The Labute approximate surface area is 133 Å². The number of nitrogens with one attached hydrogen (secondary N) is 1. The molecule has 0 aliphatic heterocycles. The topological polar surface area (TPSA) is 70.0 Å². The smallest absolute Gasteiger partial charge is 0.175 e. The largest absolute Gasteiger partial charge is 0.374 e. The van der Waals surface area contributed by atoms with Crippen LogP contribution in [0.4, 0.5) is 14.5 Å². The molecule has 120 valence electrons. The van der Waals surface area contributed by atoms with Gasteiger partial charge in [0.1, 0.15) is 5.69 Å². The zero-order valence-corrected chi connectivity index (χ0v) is 13.3. The SMILES string of the molecule is CC(Nc1c(F)cc(C#N)cc1F)c1ccc(S(C)(=O)=O)cc1. The standard InChI is InChI=1S/C16H14F2N2O2S/c1-10(12-3-5-13(6-4-12)23(2,21)22)20-16-14(17)7-11(9-19)8-15(16)18/h3-8,10,20H,1-2H3. The van der Waals surface area contributed by atoms with E-state index >= 15 is 0 Å². The molecule has 0 fully saturated rings. The van der Waals surface area contributed by atoms with Crippen molar-refractivity contribution >= 4 is 15.5 Å². The summed E-state index contributed by atoms with van der Waals surface area (Å²) in [6.07, 6.45) is 1.10. The summed E-state index contributed by atoms with van der Waals surface area (Å²) in [5, 5.41) is 11.4. The van der Waals surface area contributed by atoms with Crippen LogP contribution >= 0.6 is 0 Å². The van der Waals surface area contributed by atoms with Crippen LogP contribution in [0.2, 0.25) is 0 Å². The van der Waals surface area contributed by atoms with Gasteiger partial charge in [-0.2, -0.15) is 5.26 Å². The Kier molecular flexibility index (Phi) is 4.66. The first-order chi connectivity index (χ1) is 10.7. The molecule has 7 heteroatoms. The van der Waals surface area contributed by atoms with Crippen molar-refractivity contribution < 1.29 is 17.2 Å². The van der Waals surface area contributed by atoms with E-state index < -0.39 is 27.5 Å². The van der Waals surface area contributed by atoms with Gasteiger partial charge in [0.05, 0.1) is 16.5 Å². The lowest BCUT2D eigenvalue weighted by Gasteiger charge is -2.17. The van der Waals surface area contributed by atoms with Crippen molar-refractivity contribution in [2.24, 2.45) is 0 Å². The van der Waals surface area contributed by atoms with E-state index in [0.29, 0.717) is 5.56 Å². The first-order valence-electron chi connectivity index (χ1n) is 6.68. The van der Waals surface area contributed by atoms with Crippen molar-refractivity contribution in [3.05, 3.63) is 59.2 Å². The molecular formula is C16H14F2N2O2S. The van der Waals surface area contributed by atoms with Crippen LogP contribution in [0.5, 0.6) is 0 Å². The van der Waals surface area contributed by atoms with Crippen molar-refractivity contribution in [3.8, 4) is 6.07 Å². The molecule has 0 bridgehead atoms. The molecule has 0 heterocycles. The third-order valence-electron chi connectivity index (χ3n) is 3.34. The Morgan fingerprint density at radius 1 is 1.13 bits per heavy atom. The van der Waals surface area contributed by atoms with Crippen LogP contribution in [0.25, 0.3) is 0 Å². The van der Waals surface area contributed by atoms with Gasteiger partial charge in [-0.25, -0.2) is 17.2 Å². The van der Waals surface area contributed by atoms with Crippen molar-refractivity contribution in [2.45, 2.75) is 17.9 Å². The second-order valence-electron chi connectivity index (χ2n) is 5.13. The zero-order chi connectivity index (χ0) is 17.2. The molecule has 4 nitrogen and oxygen atoms in total. The van der Waals surface area contributed by atoms with E-state index in [0.717, 1.165) is 18.4 Å². The van der Waals surface area contributed by atoms with Crippen LogP contribution in [0.15, 0.2) is 41.3 Å². The maximum Gasteiger partial charge on any atom is 0.175 e. The summed E-state index contributed by atoms with van der Waals surface area (Å²) < 4.78 is 50.6. The minimum absolute atomic E-state index is 0.101. The third kappa shape index (κ3) is 3.85. The molecule has 0 aromatic heterocycles. The fraction of sp³-hybridized carbons (Fsp3) is 0.188. The minimum Gasteiger partial charge on any atom is -0.374 e. The first-order valence-corrected chi connectivity index (χ1v) is 8.57. The molecule has 0 radical (unpaired) electrons. The maximum absolute atomic E-state index is 13.9. The van der Waals surface area contributed by atoms with Crippen LogP contribution in [-0.2, 0) is 9.84 Å². The second-order valence-corrected chi connectivity index (χ2v) is 7.15. The lowest BCUT2D eigenvalue weighted by molar-refractivity contribution is 0.584. The van der Waals surface area contributed by atoms with Crippen molar-refractivity contribution in [3.63, 3.8) is 0 Å². The summed E-state index contributed by atoms with van der Waals surface area (Å²) >= 11 is 0. The van der Waals surface area contributed by atoms with Gasteiger partial charge < -0.3 is 5.32 Å². The van der Waals surface area contributed by atoms with E-state index in [9.17, 15) is 17.2 Å². The molecule has 0 aliphatic rings. The molecule has 2 aromatic carbocycles. The fourth-order valence-electron chi connectivity index (χ4n) is 2.08. The highest BCUT2D eigenvalue weighted by atomic mass is 32.2. The van der Waals surface area contributed by atoms with Crippen LogP contribution < -0.4 is 5.32 Å². The molecule has 1 N–H and O–H groups in total. The highest BCUT2D eigenvalue weighted by molar-refractivity contribution is 7.90. The maximum atomic E-state index is 13.9. The number of hydrogen-bond acceptors (Lipinski definition) is 4. The van der Waals surface area contributed by atoms with Gasteiger partial charge in [0, 0.05) is 12.3 Å². The van der Waals surface area contributed by atoms with Crippen molar-refractivity contribution in [1.29, 1.82) is 5.26 Å². The van der Waals surface area contributed by atoms with E-state index in [1.54, 1.807) is 25.1 Å². The molecule has 1 unspecified atom stereocenters. The van der Waals surface area contributed by atoms with Gasteiger partial charge in [-0.05, 0) is 36.8 Å². The van der Waals surface area contributed by atoms with Crippen molar-refractivity contribution in [2.75, 3.05) is 11.6 Å². The summed E-state index contributed by atoms with van der Waals surface area (Å²) in [4.78, 5) is 0.171. The molecule has 23 heavy (non-hydrogen) atoms. The lowest BCUT2D eigenvalue weighted by Crippen LogP contribution is -2.10. The molecule has 2 rings (SSSR count). The first kappa shape index (κ1) is 16.9. The quantitative estimate of drug-likeness (QED) is 0.929. The van der Waals surface area contributed by atoms with Crippen molar-refractivity contribution in [1.82, 2.24) is 0 Å². The Balaban J connectivity index is 2.26. The summed E-state index contributed by atoms with van der Waals surface area (Å²) in [6.45, 7) is 1.69. The number of benzene rings is 2. The monoisotopic (exact) mass is 336 g/mol. The summed E-state index contributed by atoms with van der Waals surface area (Å²) in [6, 6.07) is 9.15. The molecule has 0 spiro atoms. The summed E-state index contributed by atoms with van der Waals surface area (Å²) in [5.41, 5.74) is 0.236. The Bertz CT molecular complexity index is 849. The molecule has 0 aliphatic carbocycles. The molecular weight excluding hydrogens is 322 g/mol. The van der Waals surface area contributed by atoms with Gasteiger partial charge >= 0.3 is 0 Å². The fourth-order valence-corrected chi connectivity index (χ4v) is 2.71. The van der Waals surface area contributed by atoms with Crippen LogP contribution in [0.3, 0.4) is 0 Å². The van der Waals surface area contributed by atoms with Gasteiger partial charge in [-0.15, -0.1) is 0 Å². The number of nitriles is 1. The van der Waals surface area contributed by atoms with E-state index in [-0.39, 0.29) is 16.1 Å². The highest BCUT2D eigenvalue weighted by Gasteiger charge is 2.15. The Morgan fingerprint density at radius 2 is 1.65 bits per heavy atom. The average Bonchev–Trinajstić information content (AvgIpc) is 2.49. The van der Waals surface area contributed by atoms with E-state index in [4.69, 9.17) is 5.26 Å². The highest BCUT2D eigenvalue weighted by Crippen LogP contribution is 2.26. The second kappa shape index (κ2) is 6.34. The average molecular weight is 336 g/mol. The van der Waals surface area contributed by atoms with Gasteiger partial charge in [0.25, 0.3) is 0 Å². The minimum atomic E-state index is -3.30. The number of hydrogen-bond donors (Lipinski definition) is 1. The van der Waals surface area contributed by atoms with Gasteiger partial charge in [-0.3, -0.25) is 0 Å². The lowest BCUT2D eigenvalue weighted by atomic mass is 10.1. The summed E-state index contributed by atoms with van der Waals surface area (Å²) in [7, 11) is -3.30. The number of nitrogens with zero attached hydrogens (tertiary/aromatic N) is 1. The number of rotatable bonds is 4. The molecule has 0 saturated heterocycles.